The van der Waals surface area contributed by atoms with Crippen LogP contribution >= 0.6 is 34.5 Å². The van der Waals surface area contributed by atoms with E-state index >= 15 is 0 Å². The van der Waals surface area contributed by atoms with Gasteiger partial charge in [0.25, 0.3) is 5.91 Å². The number of aryl methyl sites for hydroxylation is 1. The van der Waals surface area contributed by atoms with Gasteiger partial charge in [0.15, 0.2) is 11.7 Å². The zero-order valence-corrected chi connectivity index (χ0v) is 19.7. The van der Waals surface area contributed by atoms with Gasteiger partial charge >= 0.3 is 0 Å². The Kier molecular flexibility index (Phi) is 6.98. The van der Waals surface area contributed by atoms with E-state index in [0.717, 1.165) is 23.2 Å². The van der Waals surface area contributed by atoms with E-state index in [4.69, 9.17) is 27.9 Å². The summed E-state index contributed by atoms with van der Waals surface area (Å²) in [6, 6.07) is 10.7. The van der Waals surface area contributed by atoms with Crippen molar-refractivity contribution in [2.75, 3.05) is 23.4 Å². The van der Waals surface area contributed by atoms with Gasteiger partial charge in [-0.05, 0) is 54.8 Å². The number of carbonyl (C=O) groups is 2. The Labute approximate surface area is 200 Å². The molecule has 32 heavy (non-hydrogen) atoms. The number of anilines is 2. The minimum atomic E-state index is -0.180. The normalized spacial score (nSPS) is 12.8. The van der Waals surface area contributed by atoms with Gasteiger partial charge in [-0.15, -0.1) is 11.3 Å². The van der Waals surface area contributed by atoms with Crippen molar-refractivity contribution < 1.29 is 14.3 Å². The molecule has 3 aromatic rings. The number of amides is 2. The lowest BCUT2D eigenvalue weighted by Crippen LogP contribution is -2.35. The maximum absolute atomic E-state index is 13.0. The van der Waals surface area contributed by atoms with Crippen LogP contribution in [0.15, 0.2) is 41.8 Å². The summed E-state index contributed by atoms with van der Waals surface area (Å²) >= 11 is 13.7. The fourth-order valence-corrected chi connectivity index (χ4v) is 4.81. The summed E-state index contributed by atoms with van der Waals surface area (Å²) in [6.45, 7) is 2.42. The van der Waals surface area contributed by atoms with Gasteiger partial charge in [-0.25, -0.2) is 4.98 Å². The largest absolute Gasteiger partial charge is 0.484 e. The molecular weight excluding hydrogens is 469 g/mol. The predicted molar refractivity (Wildman–Crippen MR) is 129 cm³/mol. The number of ether oxygens (including phenoxy) is 1. The van der Waals surface area contributed by atoms with Crippen molar-refractivity contribution in [2.24, 2.45) is 0 Å². The Morgan fingerprint density at radius 2 is 2.06 bits per heavy atom. The van der Waals surface area contributed by atoms with Crippen LogP contribution in [0.4, 0.5) is 10.8 Å². The van der Waals surface area contributed by atoms with Crippen molar-refractivity contribution in [3.63, 3.8) is 0 Å². The Hall–Kier alpha value is -2.61. The van der Waals surface area contributed by atoms with E-state index in [9.17, 15) is 9.59 Å². The van der Waals surface area contributed by atoms with Crippen LogP contribution in [0.25, 0.3) is 11.3 Å². The van der Waals surface area contributed by atoms with Crippen LogP contribution in [0.3, 0.4) is 0 Å². The van der Waals surface area contributed by atoms with Crippen molar-refractivity contribution in [3.05, 3.63) is 57.4 Å². The number of benzene rings is 2. The lowest BCUT2D eigenvalue weighted by molar-refractivity contribution is -0.120. The smallest absolute Gasteiger partial charge is 0.266 e. The third kappa shape index (κ3) is 5.06. The van der Waals surface area contributed by atoms with Gasteiger partial charge in [-0.3, -0.25) is 14.5 Å². The third-order valence-corrected chi connectivity index (χ3v) is 6.42. The van der Waals surface area contributed by atoms with Crippen molar-refractivity contribution in [1.29, 1.82) is 0 Å². The molecule has 9 heteroatoms. The van der Waals surface area contributed by atoms with E-state index in [1.165, 1.54) is 11.3 Å². The van der Waals surface area contributed by atoms with Crippen molar-refractivity contribution in [1.82, 2.24) is 4.98 Å². The van der Waals surface area contributed by atoms with Gasteiger partial charge in [0.2, 0.25) is 5.91 Å². The average molecular weight is 490 g/mol. The summed E-state index contributed by atoms with van der Waals surface area (Å²) in [5.41, 5.74) is 3.26. The summed E-state index contributed by atoms with van der Waals surface area (Å²) in [5.74, 6) is 0.428. The number of aromatic nitrogens is 1. The van der Waals surface area contributed by atoms with Crippen LogP contribution in [-0.2, 0) is 16.0 Å². The maximum Gasteiger partial charge on any atom is 0.266 e. The molecule has 4 rings (SSSR count). The molecule has 0 bridgehead atoms. The second-order valence-corrected chi connectivity index (χ2v) is 9.02. The van der Waals surface area contributed by atoms with E-state index < -0.39 is 0 Å². The summed E-state index contributed by atoms with van der Waals surface area (Å²) in [4.78, 5) is 30.7. The number of fused-ring (bicyclic) bond motifs is 1. The van der Waals surface area contributed by atoms with Crippen LogP contribution in [-0.4, -0.2) is 29.9 Å². The van der Waals surface area contributed by atoms with E-state index in [-0.39, 0.29) is 18.4 Å². The molecule has 0 saturated heterocycles. The van der Waals surface area contributed by atoms with E-state index in [1.807, 2.05) is 24.4 Å². The lowest BCUT2D eigenvalue weighted by Gasteiger charge is -2.20. The molecule has 2 amide bonds. The topological polar surface area (TPSA) is 71.5 Å². The Balaban J connectivity index is 1.46. The fraction of sp³-hybridized carbons (Fsp3) is 0.261. The first-order valence-corrected chi connectivity index (χ1v) is 11.8. The molecule has 2 aromatic carbocycles. The first-order valence-electron chi connectivity index (χ1n) is 10.2. The van der Waals surface area contributed by atoms with Gasteiger partial charge in [-0.2, -0.15) is 0 Å². The summed E-state index contributed by atoms with van der Waals surface area (Å²) in [5, 5.41) is 6.37. The Morgan fingerprint density at radius 1 is 1.22 bits per heavy atom. The number of rotatable bonds is 7. The highest BCUT2D eigenvalue weighted by Gasteiger charge is 2.21. The fourth-order valence-electron chi connectivity index (χ4n) is 3.43. The van der Waals surface area contributed by atoms with Gasteiger partial charge in [0, 0.05) is 34.6 Å². The molecular formula is C23H21Cl2N3O3S. The molecule has 1 aromatic heterocycles. The maximum atomic E-state index is 13.0. The van der Waals surface area contributed by atoms with Crippen LogP contribution in [0, 0.1) is 0 Å². The van der Waals surface area contributed by atoms with E-state index in [2.05, 4.69) is 10.3 Å². The molecule has 2 heterocycles. The number of hydrogen-bond acceptors (Lipinski definition) is 5. The zero-order chi connectivity index (χ0) is 22.7. The molecule has 6 nitrogen and oxygen atoms in total. The van der Waals surface area contributed by atoms with Crippen molar-refractivity contribution >= 4 is 57.2 Å². The third-order valence-electron chi connectivity index (χ3n) is 5.01. The highest BCUT2D eigenvalue weighted by molar-refractivity contribution is 7.14. The second-order valence-electron chi connectivity index (χ2n) is 7.34. The standard InChI is InChI=1S/C23H21Cl2N3O3S/c1-2-9-28(23-27-20(13-32-23)17-6-4-15(24)11-18(17)25)22(30)12-31-16-5-7-19-14(10-16)3-8-21(29)26-19/h4-7,10-11,13H,2-3,8-9,12H2,1H3,(H,26,29). The molecule has 166 valence electrons. The molecule has 0 radical (unpaired) electrons. The summed E-state index contributed by atoms with van der Waals surface area (Å²) in [6.07, 6.45) is 1.88. The quantitative estimate of drug-likeness (QED) is 0.453. The highest BCUT2D eigenvalue weighted by atomic mass is 35.5. The Morgan fingerprint density at radius 3 is 2.84 bits per heavy atom. The molecule has 0 fully saturated rings. The minimum Gasteiger partial charge on any atom is -0.484 e. The summed E-state index contributed by atoms with van der Waals surface area (Å²) in [7, 11) is 0. The van der Waals surface area contributed by atoms with Crippen LogP contribution in [0.1, 0.15) is 25.3 Å². The average Bonchev–Trinajstić information content (AvgIpc) is 3.25. The number of halogens is 2. The minimum absolute atomic E-state index is 0.0132. The van der Waals surface area contributed by atoms with Gasteiger partial charge in [0.05, 0.1) is 10.7 Å². The molecule has 0 saturated carbocycles. The van der Waals surface area contributed by atoms with Gasteiger partial charge in [0.1, 0.15) is 5.75 Å². The van der Waals surface area contributed by atoms with Crippen molar-refractivity contribution in [3.8, 4) is 17.0 Å². The molecule has 0 atom stereocenters. The second kappa shape index (κ2) is 9.90. The molecule has 0 unspecified atom stereocenters. The first kappa shape index (κ1) is 22.6. The highest BCUT2D eigenvalue weighted by Crippen LogP contribution is 2.34. The van der Waals surface area contributed by atoms with Gasteiger partial charge in [-0.1, -0.05) is 30.1 Å². The monoisotopic (exact) mass is 489 g/mol. The molecule has 0 aliphatic carbocycles. The van der Waals surface area contributed by atoms with Crippen molar-refractivity contribution in [2.45, 2.75) is 26.2 Å². The predicted octanol–water partition coefficient (Wildman–Crippen LogP) is 5.82. The molecule has 1 aliphatic heterocycles. The lowest BCUT2D eigenvalue weighted by atomic mass is 10.0. The number of carbonyl (C=O) groups excluding carboxylic acids is 2. The first-order chi connectivity index (χ1) is 15.4. The summed E-state index contributed by atoms with van der Waals surface area (Å²) < 4.78 is 5.77. The van der Waals surface area contributed by atoms with Crippen LogP contribution in [0.2, 0.25) is 10.0 Å². The SMILES string of the molecule is CCCN(C(=O)COc1ccc2c(c1)CCC(=O)N2)c1nc(-c2ccc(Cl)cc2Cl)cs1. The van der Waals surface area contributed by atoms with Crippen LogP contribution in [0.5, 0.6) is 5.75 Å². The Bertz CT molecular complexity index is 1170. The van der Waals surface area contributed by atoms with Gasteiger partial charge < -0.3 is 10.1 Å². The van der Waals surface area contributed by atoms with Crippen LogP contribution < -0.4 is 15.0 Å². The number of hydrogen-bond donors (Lipinski definition) is 1. The van der Waals surface area contributed by atoms with E-state index in [0.29, 0.717) is 46.0 Å². The molecule has 1 N–H and O–H groups in total. The number of nitrogens with zero attached hydrogens (tertiary/aromatic N) is 2. The van der Waals surface area contributed by atoms with E-state index in [1.54, 1.807) is 29.2 Å². The number of nitrogens with one attached hydrogen (secondary N) is 1. The molecule has 1 aliphatic rings. The zero-order valence-electron chi connectivity index (χ0n) is 17.4. The number of thiazole rings is 1. The molecule has 0 spiro atoms.